The average Bonchev–Trinajstić information content (AvgIpc) is 3.39. The molecule has 0 amide bonds. The second-order valence-electron chi connectivity index (χ2n) is 12.9. The van der Waals surface area contributed by atoms with E-state index in [4.69, 9.17) is 0 Å². The van der Waals surface area contributed by atoms with Crippen molar-refractivity contribution in [3.8, 4) is 21.7 Å². The molecule has 0 unspecified atom stereocenters. The predicted octanol–water partition coefficient (Wildman–Crippen LogP) is 11.5. The monoisotopic (exact) mass is 859 g/mol. The molecule has 0 atom stereocenters. The molecule has 0 spiro atoms. The van der Waals surface area contributed by atoms with Gasteiger partial charge in [-0.25, -0.2) is 0 Å². The van der Waals surface area contributed by atoms with Crippen LogP contribution in [0.2, 0.25) is 19.6 Å². The number of alkyl halides is 3. The standard InChI is InChI=1S/C25H23F3NSSi.C13H24O2.Ir/c1-15-12-16(2)14-18(13-15)22-24-20(10-11-29-22)21(25(26,27)28)23(30-24)17-6-8-19(9-7-17)31(3,4)5;1-5-10(6-2)12(14)9-13(15)11(7-3)8-4;/h6-13H,1-5H3;9-11,14H,5-8H2,1-4H3;/q-1;;/b;12-9-;. The summed E-state index contributed by atoms with van der Waals surface area (Å²) in [5, 5.41) is 11.2. The second-order valence-corrected chi connectivity index (χ2v) is 19.0. The van der Waals surface area contributed by atoms with Crippen molar-refractivity contribution >= 4 is 40.5 Å². The minimum Gasteiger partial charge on any atom is -0.512 e. The van der Waals surface area contributed by atoms with Crippen molar-refractivity contribution in [2.24, 2.45) is 11.8 Å². The molecule has 3 nitrogen and oxygen atoms in total. The van der Waals surface area contributed by atoms with E-state index >= 15 is 0 Å². The normalized spacial score (nSPS) is 12.3. The minimum atomic E-state index is -4.46. The van der Waals surface area contributed by atoms with E-state index < -0.39 is 19.8 Å². The largest absolute Gasteiger partial charge is 0.512 e. The summed E-state index contributed by atoms with van der Waals surface area (Å²) < 4.78 is 43.2. The van der Waals surface area contributed by atoms with Gasteiger partial charge in [0.25, 0.3) is 0 Å². The Balaban J connectivity index is 0.000000410. The first kappa shape index (κ1) is 40.6. The van der Waals surface area contributed by atoms with Crippen LogP contribution in [0.3, 0.4) is 0 Å². The summed E-state index contributed by atoms with van der Waals surface area (Å²) in [6, 6.07) is 16.2. The van der Waals surface area contributed by atoms with E-state index in [1.54, 1.807) is 0 Å². The number of nitrogens with zero attached hydrogens (tertiary/aromatic N) is 1. The Kier molecular flexibility index (Phi) is 14.8. The van der Waals surface area contributed by atoms with Crippen molar-refractivity contribution in [2.75, 3.05) is 0 Å². The second kappa shape index (κ2) is 17.2. The number of fused-ring (bicyclic) bond motifs is 1. The van der Waals surface area contributed by atoms with Gasteiger partial charge in [0, 0.05) is 59.5 Å². The number of thiophene rings is 1. The third-order valence-corrected chi connectivity index (χ3v) is 11.7. The minimum absolute atomic E-state index is 0. The van der Waals surface area contributed by atoms with Gasteiger partial charge in [-0.2, -0.15) is 13.2 Å². The summed E-state index contributed by atoms with van der Waals surface area (Å²) in [7, 11) is -1.54. The van der Waals surface area contributed by atoms with Crippen molar-refractivity contribution in [2.45, 2.75) is 93.0 Å². The molecule has 2 heterocycles. The van der Waals surface area contributed by atoms with Crippen molar-refractivity contribution < 1.29 is 43.2 Å². The Morgan fingerprint density at radius 1 is 0.957 bits per heavy atom. The summed E-state index contributed by atoms with van der Waals surface area (Å²) in [4.78, 5) is 16.4. The fourth-order valence-electron chi connectivity index (χ4n) is 5.62. The Morgan fingerprint density at radius 3 is 2.02 bits per heavy atom. The maximum absolute atomic E-state index is 14.2. The van der Waals surface area contributed by atoms with Crippen LogP contribution in [0.15, 0.2) is 60.5 Å². The number of aryl methyl sites for hydroxylation is 2. The zero-order valence-electron chi connectivity index (χ0n) is 28.9. The van der Waals surface area contributed by atoms with Gasteiger partial charge in [-0.3, -0.25) is 4.79 Å². The summed E-state index contributed by atoms with van der Waals surface area (Å²) in [5.41, 5.74) is 3.24. The number of carbonyl (C=O) groups excluding carboxylic acids is 1. The number of pyridine rings is 1. The Labute approximate surface area is 297 Å². The van der Waals surface area contributed by atoms with Gasteiger partial charge in [-0.1, -0.05) is 90.6 Å². The third-order valence-electron chi connectivity index (χ3n) is 8.39. The first-order chi connectivity index (χ1) is 21.5. The van der Waals surface area contributed by atoms with E-state index in [0.29, 0.717) is 16.0 Å². The van der Waals surface area contributed by atoms with Gasteiger partial charge in [0.15, 0.2) is 5.78 Å². The fraction of sp³-hybridized carbons (Fsp3) is 0.421. The smallest absolute Gasteiger partial charge is 0.418 e. The van der Waals surface area contributed by atoms with Crippen LogP contribution < -0.4 is 5.19 Å². The zero-order chi connectivity index (χ0) is 34.4. The molecule has 0 saturated heterocycles. The SMILES string of the molecule is CCC(CC)C(=O)/C=C(\O)C(CC)CC.Cc1[c-]c(-c2nccc3c(C(F)(F)F)c(-c4ccc([Si](C)(C)C)cc4)sc23)cc(C)c1.[Ir]. The quantitative estimate of drug-likeness (QED) is 0.0748. The molecule has 4 aromatic rings. The number of ketones is 1. The fourth-order valence-corrected chi connectivity index (χ4v) is 8.12. The molecule has 1 N–H and O–H groups in total. The summed E-state index contributed by atoms with van der Waals surface area (Å²) >= 11 is 1.16. The van der Waals surface area contributed by atoms with Gasteiger partial charge in [-0.05, 0) is 42.7 Å². The number of benzene rings is 2. The molecular weight excluding hydrogens is 812 g/mol. The van der Waals surface area contributed by atoms with Gasteiger partial charge in [0.2, 0.25) is 0 Å². The van der Waals surface area contributed by atoms with Crippen LogP contribution in [0.25, 0.3) is 31.8 Å². The van der Waals surface area contributed by atoms with Crippen molar-refractivity contribution in [1.29, 1.82) is 0 Å². The van der Waals surface area contributed by atoms with Gasteiger partial charge < -0.3 is 10.1 Å². The van der Waals surface area contributed by atoms with E-state index in [1.807, 2.05) is 77.9 Å². The van der Waals surface area contributed by atoms with Gasteiger partial charge in [0.05, 0.1) is 19.4 Å². The Hall–Kier alpha value is -2.58. The zero-order valence-corrected chi connectivity index (χ0v) is 33.1. The number of aliphatic hydroxyl groups excluding tert-OH is 1. The number of aromatic nitrogens is 1. The summed E-state index contributed by atoms with van der Waals surface area (Å²) in [5.74, 6) is 0.547. The molecule has 0 fully saturated rings. The van der Waals surface area contributed by atoms with E-state index in [0.717, 1.165) is 53.7 Å². The van der Waals surface area contributed by atoms with Crippen molar-refractivity contribution in [3.63, 3.8) is 0 Å². The Morgan fingerprint density at radius 2 is 1.53 bits per heavy atom. The third kappa shape index (κ3) is 10.2. The number of aliphatic hydroxyl groups is 1. The van der Waals surface area contributed by atoms with E-state index in [-0.39, 0.29) is 53.7 Å². The first-order valence-electron chi connectivity index (χ1n) is 16.1. The van der Waals surface area contributed by atoms with E-state index in [2.05, 4.69) is 30.7 Å². The maximum atomic E-state index is 14.2. The number of halogens is 3. The van der Waals surface area contributed by atoms with Crippen molar-refractivity contribution in [1.82, 2.24) is 4.98 Å². The molecule has 47 heavy (non-hydrogen) atoms. The molecule has 0 aliphatic heterocycles. The molecule has 257 valence electrons. The van der Waals surface area contributed by atoms with Crippen LogP contribution in [0, 0.1) is 31.7 Å². The van der Waals surface area contributed by atoms with Gasteiger partial charge in [0.1, 0.15) is 0 Å². The molecule has 0 bridgehead atoms. The molecular formula is C38H47F3IrNO2SSi-. The number of hydrogen-bond donors (Lipinski definition) is 1. The number of rotatable bonds is 10. The molecule has 1 radical (unpaired) electrons. The average molecular weight is 859 g/mol. The van der Waals surface area contributed by atoms with Crippen LogP contribution >= 0.6 is 11.3 Å². The predicted molar refractivity (Wildman–Crippen MR) is 191 cm³/mol. The molecule has 2 aromatic carbocycles. The van der Waals surface area contributed by atoms with E-state index in [9.17, 15) is 23.1 Å². The summed E-state index contributed by atoms with van der Waals surface area (Å²) in [6.45, 7) is 18.6. The molecule has 0 aliphatic rings. The number of carbonyl (C=O) groups is 1. The topological polar surface area (TPSA) is 50.2 Å². The van der Waals surface area contributed by atoms with Crippen LogP contribution in [-0.2, 0) is 31.1 Å². The van der Waals surface area contributed by atoms with Crippen LogP contribution in [0.5, 0.6) is 0 Å². The van der Waals surface area contributed by atoms with Gasteiger partial charge >= 0.3 is 6.18 Å². The molecule has 4 rings (SSSR count). The molecule has 2 aromatic heterocycles. The van der Waals surface area contributed by atoms with Crippen LogP contribution in [0.4, 0.5) is 13.2 Å². The summed E-state index contributed by atoms with van der Waals surface area (Å²) in [6.07, 6.45) is 1.91. The molecule has 0 saturated carbocycles. The molecule has 9 heteroatoms. The van der Waals surface area contributed by atoms with Crippen molar-refractivity contribution in [3.05, 3.63) is 83.3 Å². The van der Waals surface area contributed by atoms with Crippen LogP contribution in [0.1, 0.15) is 70.1 Å². The molecule has 0 aliphatic carbocycles. The first-order valence-corrected chi connectivity index (χ1v) is 20.4. The number of hydrogen-bond acceptors (Lipinski definition) is 4. The Bertz CT molecular complexity index is 1650. The maximum Gasteiger partial charge on any atom is 0.418 e. The van der Waals surface area contributed by atoms with Crippen LogP contribution in [-0.4, -0.2) is 23.9 Å². The van der Waals surface area contributed by atoms with E-state index in [1.165, 1.54) is 23.5 Å². The number of allylic oxidation sites excluding steroid dienone is 2. The van der Waals surface area contributed by atoms with Gasteiger partial charge in [-0.15, -0.1) is 46.2 Å².